The molecule has 0 saturated carbocycles. The van der Waals surface area contributed by atoms with Crippen molar-refractivity contribution in [3.63, 3.8) is 0 Å². The zero-order chi connectivity index (χ0) is 10.2. The summed E-state index contributed by atoms with van der Waals surface area (Å²) in [5.41, 5.74) is 0.280. The van der Waals surface area contributed by atoms with Gasteiger partial charge in [-0.25, -0.2) is 0 Å². The molecule has 2 nitrogen and oxygen atoms in total. The Balaban J connectivity index is 2.72. The highest BCUT2D eigenvalue weighted by Gasteiger charge is 2.39. The minimum atomic E-state index is -0.119. The minimum absolute atomic E-state index is 0.119. The zero-order valence-electron chi connectivity index (χ0n) is 9.54. The molecule has 78 valence electrons. The Kier molecular flexibility index (Phi) is 3.03. The van der Waals surface area contributed by atoms with E-state index in [2.05, 4.69) is 39.5 Å². The van der Waals surface area contributed by atoms with Crippen LogP contribution in [0.3, 0.4) is 0 Å². The minimum Gasteiger partial charge on any atom is -0.392 e. The van der Waals surface area contributed by atoms with Crippen LogP contribution in [0.4, 0.5) is 0 Å². The van der Waals surface area contributed by atoms with Gasteiger partial charge in [-0.2, -0.15) is 0 Å². The van der Waals surface area contributed by atoms with E-state index in [1.54, 1.807) is 0 Å². The third kappa shape index (κ3) is 2.44. The number of hydrogen-bond acceptors (Lipinski definition) is 2. The van der Waals surface area contributed by atoms with Gasteiger partial charge in [-0.1, -0.05) is 20.8 Å². The summed E-state index contributed by atoms with van der Waals surface area (Å²) < 4.78 is 0. The predicted octanol–water partition coefficient (Wildman–Crippen LogP) is 1.88. The van der Waals surface area contributed by atoms with Gasteiger partial charge >= 0.3 is 0 Å². The highest BCUT2D eigenvalue weighted by atomic mass is 16.3. The number of nitrogens with zero attached hydrogens (tertiary/aromatic N) is 1. The van der Waals surface area contributed by atoms with Gasteiger partial charge in [-0.15, -0.1) is 0 Å². The van der Waals surface area contributed by atoms with Crippen molar-refractivity contribution in [1.82, 2.24) is 4.90 Å². The first-order valence-electron chi connectivity index (χ1n) is 5.26. The highest BCUT2D eigenvalue weighted by molar-refractivity contribution is 4.93. The molecule has 2 atom stereocenters. The van der Waals surface area contributed by atoms with Gasteiger partial charge < -0.3 is 5.11 Å². The summed E-state index contributed by atoms with van der Waals surface area (Å²) in [6, 6.07) is 1.07. The fraction of sp³-hybridized carbons (Fsp3) is 1.00. The van der Waals surface area contributed by atoms with E-state index in [0.717, 1.165) is 13.0 Å². The Morgan fingerprint density at radius 1 is 1.31 bits per heavy atom. The lowest BCUT2D eigenvalue weighted by atomic mass is 9.84. The van der Waals surface area contributed by atoms with E-state index >= 15 is 0 Å². The van der Waals surface area contributed by atoms with E-state index in [9.17, 15) is 5.11 Å². The molecule has 1 N–H and O–H groups in total. The summed E-state index contributed by atoms with van der Waals surface area (Å²) in [4.78, 5) is 2.42. The molecule has 1 rings (SSSR count). The maximum Gasteiger partial charge on any atom is 0.0682 e. The molecular formula is C11H23NO. The average molecular weight is 185 g/mol. The number of rotatable bonds is 1. The second-order valence-corrected chi connectivity index (χ2v) is 5.56. The van der Waals surface area contributed by atoms with Crippen molar-refractivity contribution in [2.24, 2.45) is 5.41 Å². The Labute approximate surface area is 81.9 Å². The van der Waals surface area contributed by atoms with E-state index in [4.69, 9.17) is 0 Å². The number of aliphatic hydroxyl groups is 1. The van der Waals surface area contributed by atoms with Crippen LogP contribution < -0.4 is 0 Å². The molecule has 1 unspecified atom stereocenters. The van der Waals surface area contributed by atoms with Gasteiger partial charge in [0.1, 0.15) is 0 Å². The molecular weight excluding hydrogens is 162 g/mol. The molecule has 2 heteroatoms. The molecule has 1 aliphatic rings. The van der Waals surface area contributed by atoms with Crippen molar-refractivity contribution < 1.29 is 5.11 Å². The Morgan fingerprint density at radius 2 is 1.85 bits per heavy atom. The summed E-state index contributed by atoms with van der Waals surface area (Å²) in [7, 11) is 0. The van der Waals surface area contributed by atoms with Crippen LogP contribution in [-0.2, 0) is 0 Å². The van der Waals surface area contributed by atoms with Crippen molar-refractivity contribution in [2.75, 3.05) is 6.54 Å². The molecule has 0 bridgehead atoms. The largest absolute Gasteiger partial charge is 0.392 e. The molecule has 0 spiro atoms. The summed E-state index contributed by atoms with van der Waals surface area (Å²) in [6.07, 6.45) is 0.813. The first kappa shape index (κ1) is 11.0. The lowest BCUT2D eigenvalue weighted by Gasteiger charge is -2.37. The third-order valence-electron chi connectivity index (χ3n) is 2.98. The van der Waals surface area contributed by atoms with Crippen LogP contribution in [0, 0.1) is 5.41 Å². The molecule has 1 heterocycles. The van der Waals surface area contributed by atoms with Gasteiger partial charge in [-0.3, -0.25) is 4.90 Å². The van der Waals surface area contributed by atoms with Crippen molar-refractivity contribution in [3.8, 4) is 0 Å². The standard InChI is InChI=1S/C11H23NO/c1-8(2)12-7-9(13)6-10(12)11(3,4)5/h8-10,13H,6-7H2,1-5H3/t9-,10?/m0/s1. The molecule has 13 heavy (non-hydrogen) atoms. The van der Waals surface area contributed by atoms with Crippen LogP contribution in [0.25, 0.3) is 0 Å². The van der Waals surface area contributed by atoms with Crippen LogP contribution in [0.1, 0.15) is 41.0 Å². The summed E-state index contributed by atoms with van der Waals surface area (Å²) in [5.74, 6) is 0. The van der Waals surface area contributed by atoms with Crippen molar-refractivity contribution in [2.45, 2.75) is 59.2 Å². The van der Waals surface area contributed by atoms with E-state index in [1.807, 2.05) is 0 Å². The van der Waals surface area contributed by atoms with Crippen molar-refractivity contribution >= 4 is 0 Å². The first-order chi connectivity index (χ1) is 5.82. The lowest BCUT2D eigenvalue weighted by molar-refractivity contribution is 0.109. The Morgan fingerprint density at radius 3 is 2.15 bits per heavy atom. The summed E-state index contributed by atoms with van der Waals surface area (Å²) in [5, 5.41) is 9.64. The van der Waals surface area contributed by atoms with Crippen LogP contribution in [0.15, 0.2) is 0 Å². The second-order valence-electron chi connectivity index (χ2n) is 5.56. The number of hydrogen-bond donors (Lipinski definition) is 1. The first-order valence-corrected chi connectivity index (χ1v) is 5.26. The fourth-order valence-corrected chi connectivity index (χ4v) is 2.26. The quantitative estimate of drug-likeness (QED) is 0.674. The monoisotopic (exact) mass is 185 g/mol. The van der Waals surface area contributed by atoms with E-state index in [1.165, 1.54) is 0 Å². The smallest absolute Gasteiger partial charge is 0.0682 e. The Hall–Kier alpha value is -0.0800. The van der Waals surface area contributed by atoms with Gasteiger partial charge in [-0.05, 0) is 25.7 Å². The van der Waals surface area contributed by atoms with Crippen LogP contribution >= 0.6 is 0 Å². The van der Waals surface area contributed by atoms with Gasteiger partial charge in [0.2, 0.25) is 0 Å². The maximum absolute atomic E-state index is 9.64. The molecule has 0 amide bonds. The normalized spacial score (nSPS) is 31.6. The Bertz CT molecular complexity index is 171. The van der Waals surface area contributed by atoms with E-state index < -0.39 is 0 Å². The highest BCUT2D eigenvalue weighted by Crippen LogP contribution is 2.33. The summed E-state index contributed by atoms with van der Waals surface area (Å²) >= 11 is 0. The molecule has 1 aliphatic heterocycles. The van der Waals surface area contributed by atoms with Crippen LogP contribution in [0.2, 0.25) is 0 Å². The van der Waals surface area contributed by atoms with Gasteiger partial charge in [0, 0.05) is 18.6 Å². The van der Waals surface area contributed by atoms with Gasteiger partial charge in [0.15, 0.2) is 0 Å². The number of likely N-dealkylation sites (tertiary alicyclic amines) is 1. The zero-order valence-corrected chi connectivity index (χ0v) is 9.54. The average Bonchev–Trinajstić information content (AvgIpc) is 2.29. The second kappa shape index (κ2) is 3.58. The van der Waals surface area contributed by atoms with Crippen LogP contribution in [0.5, 0.6) is 0 Å². The molecule has 0 aromatic rings. The predicted molar refractivity (Wildman–Crippen MR) is 55.7 cm³/mol. The molecule has 0 radical (unpaired) electrons. The molecule has 0 aromatic carbocycles. The maximum atomic E-state index is 9.64. The number of β-amino-alcohol motifs (C(OH)–C–C–N with tert-alkyl or cyclic N) is 1. The molecule has 0 aliphatic carbocycles. The summed E-state index contributed by atoms with van der Waals surface area (Å²) in [6.45, 7) is 12.0. The van der Waals surface area contributed by atoms with Gasteiger partial charge in [0.05, 0.1) is 6.10 Å². The number of aliphatic hydroxyl groups excluding tert-OH is 1. The molecule has 1 saturated heterocycles. The topological polar surface area (TPSA) is 23.5 Å². The lowest BCUT2D eigenvalue weighted by Crippen LogP contribution is -2.43. The van der Waals surface area contributed by atoms with E-state index in [-0.39, 0.29) is 11.5 Å². The van der Waals surface area contributed by atoms with Crippen LogP contribution in [-0.4, -0.2) is 34.7 Å². The van der Waals surface area contributed by atoms with E-state index in [0.29, 0.717) is 12.1 Å². The van der Waals surface area contributed by atoms with Gasteiger partial charge in [0.25, 0.3) is 0 Å². The van der Waals surface area contributed by atoms with Crippen molar-refractivity contribution in [1.29, 1.82) is 0 Å². The van der Waals surface area contributed by atoms with Crippen molar-refractivity contribution in [3.05, 3.63) is 0 Å². The SMILES string of the molecule is CC(C)N1C[C@@H](O)CC1C(C)(C)C. The third-order valence-corrected chi connectivity index (χ3v) is 2.98. The molecule has 0 aromatic heterocycles. The fourth-order valence-electron chi connectivity index (χ4n) is 2.26. The molecule has 1 fully saturated rings.